The second-order valence-electron chi connectivity index (χ2n) is 9.61. The van der Waals surface area contributed by atoms with Gasteiger partial charge >= 0.3 is 0 Å². The molecule has 162 valence electrons. The summed E-state index contributed by atoms with van der Waals surface area (Å²) in [5.74, 6) is 3.00. The first-order valence-electron chi connectivity index (χ1n) is 11.2. The molecular formula is C24H33N3O3. The van der Waals surface area contributed by atoms with Crippen LogP contribution in [0.5, 0.6) is 5.75 Å². The van der Waals surface area contributed by atoms with Gasteiger partial charge in [0.25, 0.3) is 0 Å². The van der Waals surface area contributed by atoms with Gasteiger partial charge in [-0.2, -0.15) is 5.10 Å². The predicted octanol–water partition coefficient (Wildman–Crippen LogP) is 3.45. The monoisotopic (exact) mass is 411 g/mol. The molecule has 0 heterocycles. The van der Waals surface area contributed by atoms with Crippen LogP contribution in [0.15, 0.2) is 29.4 Å². The van der Waals surface area contributed by atoms with Crippen LogP contribution in [-0.2, 0) is 16.0 Å². The summed E-state index contributed by atoms with van der Waals surface area (Å²) in [5, 5.41) is 7.17. The Kier molecular flexibility index (Phi) is 6.11. The molecule has 0 saturated heterocycles. The molecule has 6 heteroatoms. The van der Waals surface area contributed by atoms with Gasteiger partial charge < -0.3 is 10.1 Å². The van der Waals surface area contributed by atoms with Crippen molar-refractivity contribution in [3.8, 4) is 5.75 Å². The molecule has 5 rings (SSSR count). The van der Waals surface area contributed by atoms with Crippen molar-refractivity contribution in [3.63, 3.8) is 0 Å². The summed E-state index contributed by atoms with van der Waals surface area (Å²) < 4.78 is 5.15. The highest BCUT2D eigenvalue weighted by molar-refractivity contribution is 6.00. The lowest BCUT2D eigenvalue weighted by Crippen LogP contribution is -2.52. The molecule has 0 atom stereocenters. The molecule has 0 radical (unpaired) electrons. The number of hydrazone groups is 1. The van der Waals surface area contributed by atoms with E-state index in [9.17, 15) is 9.59 Å². The molecule has 0 aromatic heterocycles. The van der Waals surface area contributed by atoms with E-state index in [4.69, 9.17) is 4.74 Å². The molecule has 1 aromatic carbocycles. The van der Waals surface area contributed by atoms with Gasteiger partial charge in [0.1, 0.15) is 5.75 Å². The van der Waals surface area contributed by atoms with Crippen molar-refractivity contribution in [1.82, 2.24) is 10.7 Å². The number of carbonyl (C=O) groups is 2. The van der Waals surface area contributed by atoms with Crippen LogP contribution in [0, 0.1) is 23.2 Å². The zero-order valence-electron chi connectivity index (χ0n) is 18.1. The fraction of sp³-hybridized carbons (Fsp3) is 0.625. The van der Waals surface area contributed by atoms with Crippen molar-refractivity contribution in [1.29, 1.82) is 0 Å². The zero-order valence-corrected chi connectivity index (χ0v) is 18.1. The summed E-state index contributed by atoms with van der Waals surface area (Å²) in [6, 6.07) is 7.83. The van der Waals surface area contributed by atoms with Gasteiger partial charge in [-0.15, -0.1) is 0 Å². The molecule has 4 fully saturated rings. The summed E-state index contributed by atoms with van der Waals surface area (Å²) in [7, 11) is 1.64. The standard InChI is InChI=1S/C24H33N3O3/c1-16(9-22(28)25-8-7-17-3-5-21(30-2)6-4-17)26-27-23(29)24-13-18-10-19(14-24)12-20(11-18)15-24/h3-6,18-20H,7-15H2,1-2H3,(H,25,28)(H,27,29)/b26-16+. The van der Waals surface area contributed by atoms with E-state index in [0.717, 1.165) is 54.7 Å². The normalized spacial score (nSPS) is 29.5. The molecule has 0 unspecified atom stereocenters. The van der Waals surface area contributed by atoms with Crippen LogP contribution < -0.4 is 15.5 Å². The second kappa shape index (κ2) is 8.78. The van der Waals surface area contributed by atoms with Gasteiger partial charge in [-0.3, -0.25) is 9.59 Å². The first-order valence-corrected chi connectivity index (χ1v) is 11.2. The van der Waals surface area contributed by atoms with E-state index in [0.29, 0.717) is 12.3 Å². The zero-order chi connectivity index (χ0) is 21.1. The van der Waals surface area contributed by atoms with Gasteiger partial charge in [0.05, 0.1) is 18.9 Å². The summed E-state index contributed by atoms with van der Waals surface area (Å²) >= 11 is 0. The summed E-state index contributed by atoms with van der Waals surface area (Å²) in [4.78, 5) is 25.1. The van der Waals surface area contributed by atoms with Gasteiger partial charge in [-0.25, -0.2) is 5.43 Å². The van der Waals surface area contributed by atoms with Crippen molar-refractivity contribution in [3.05, 3.63) is 29.8 Å². The molecule has 2 amide bonds. The Morgan fingerprint density at radius 1 is 1.07 bits per heavy atom. The second-order valence-corrected chi connectivity index (χ2v) is 9.61. The van der Waals surface area contributed by atoms with Crippen molar-refractivity contribution in [2.24, 2.45) is 28.3 Å². The quantitative estimate of drug-likeness (QED) is 0.508. The number of ether oxygens (including phenoxy) is 1. The number of hydrogen-bond acceptors (Lipinski definition) is 4. The summed E-state index contributed by atoms with van der Waals surface area (Å²) in [5.41, 5.74) is 4.36. The third kappa shape index (κ3) is 4.68. The molecule has 4 bridgehead atoms. The topological polar surface area (TPSA) is 79.8 Å². The smallest absolute Gasteiger partial charge is 0.246 e. The maximum atomic E-state index is 12.9. The number of benzene rings is 1. The average molecular weight is 412 g/mol. The number of carbonyl (C=O) groups excluding carboxylic acids is 2. The molecule has 0 spiro atoms. The highest BCUT2D eigenvalue weighted by Crippen LogP contribution is 2.60. The number of nitrogens with one attached hydrogen (secondary N) is 2. The SMILES string of the molecule is COc1ccc(CCNC(=O)C/C(C)=N/NC(=O)C23CC4CC(CC(C4)C2)C3)cc1. The van der Waals surface area contributed by atoms with Crippen molar-refractivity contribution < 1.29 is 14.3 Å². The molecule has 4 saturated carbocycles. The number of amides is 2. The number of hydrogen-bond donors (Lipinski definition) is 2. The van der Waals surface area contributed by atoms with E-state index in [-0.39, 0.29) is 23.7 Å². The van der Waals surface area contributed by atoms with Gasteiger partial charge in [0, 0.05) is 12.3 Å². The van der Waals surface area contributed by atoms with E-state index >= 15 is 0 Å². The van der Waals surface area contributed by atoms with Crippen LogP contribution >= 0.6 is 0 Å². The van der Waals surface area contributed by atoms with Crippen LogP contribution in [0.1, 0.15) is 57.4 Å². The van der Waals surface area contributed by atoms with Crippen LogP contribution in [-0.4, -0.2) is 31.2 Å². The lowest BCUT2D eigenvalue weighted by atomic mass is 9.49. The average Bonchev–Trinajstić information content (AvgIpc) is 2.71. The van der Waals surface area contributed by atoms with Crippen molar-refractivity contribution >= 4 is 17.5 Å². The predicted molar refractivity (Wildman–Crippen MR) is 116 cm³/mol. The number of rotatable bonds is 8. The van der Waals surface area contributed by atoms with E-state index in [1.165, 1.54) is 19.3 Å². The minimum Gasteiger partial charge on any atom is -0.497 e. The first kappa shape index (κ1) is 20.9. The maximum absolute atomic E-state index is 12.9. The highest BCUT2D eigenvalue weighted by Gasteiger charge is 2.54. The Hall–Kier alpha value is -2.37. The number of nitrogens with zero attached hydrogens (tertiary/aromatic N) is 1. The third-order valence-corrected chi connectivity index (χ3v) is 7.18. The highest BCUT2D eigenvalue weighted by atomic mass is 16.5. The third-order valence-electron chi connectivity index (χ3n) is 7.18. The molecule has 2 N–H and O–H groups in total. The van der Waals surface area contributed by atoms with E-state index in [2.05, 4.69) is 15.8 Å². The molecule has 30 heavy (non-hydrogen) atoms. The van der Waals surface area contributed by atoms with Crippen molar-refractivity contribution in [2.75, 3.05) is 13.7 Å². The summed E-state index contributed by atoms with van der Waals surface area (Å²) in [6.07, 6.45) is 7.95. The van der Waals surface area contributed by atoms with E-state index < -0.39 is 0 Å². The number of methoxy groups -OCH3 is 1. The Bertz CT molecular complexity index is 780. The largest absolute Gasteiger partial charge is 0.497 e. The molecule has 1 aromatic rings. The molecule has 4 aliphatic rings. The minimum absolute atomic E-state index is 0.0702. The van der Waals surface area contributed by atoms with Crippen LogP contribution in [0.3, 0.4) is 0 Å². The lowest BCUT2D eigenvalue weighted by molar-refractivity contribution is -0.146. The molecular weight excluding hydrogens is 378 g/mol. The van der Waals surface area contributed by atoms with E-state index in [1.807, 2.05) is 24.3 Å². The Labute approximate surface area is 178 Å². The van der Waals surface area contributed by atoms with Crippen LogP contribution in [0.2, 0.25) is 0 Å². The molecule has 6 nitrogen and oxygen atoms in total. The van der Waals surface area contributed by atoms with Gasteiger partial charge in [-0.05, 0) is 87.3 Å². The first-order chi connectivity index (χ1) is 14.5. The van der Waals surface area contributed by atoms with Gasteiger partial charge in [0.2, 0.25) is 11.8 Å². The fourth-order valence-corrected chi connectivity index (χ4v) is 6.13. The van der Waals surface area contributed by atoms with Crippen LogP contribution in [0.4, 0.5) is 0 Å². The summed E-state index contributed by atoms with van der Waals surface area (Å²) in [6.45, 7) is 2.36. The fourth-order valence-electron chi connectivity index (χ4n) is 6.13. The van der Waals surface area contributed by atoms with E-state index in [1.54, 1.807) is 14.0 Å². The van der Waals surface area contributed by atoms with Crippen molar-refractivity contribution in [2.45, 2.75) is 58.3 Å². The van der Waals surface area contributed by atoms with Gasteiger partial charge in [0.15, 0.2) is 0 Å². The Balaban J connectivity index is 1.21. The molecule has 4 aliphatic carbocycles. The molecule has 0 aliphatic heterocycles. The Morgan fingerprint density at radius 3 is 2.23 bits per heavy atom. The minimum atomic E-state index is -0.209. The lowest BCUT2D eigenvalue weighted by Gasteiger charge is -2.55. The Morgan fingerprint density at radius 2 is 1.67 bits per heavy atom. The van der Waals surface area contributed by atoms with Crippen LogP contribution in [0.25, 0.3) is 0 Å². The maximum Gasteiger partial charge on any atom is 0.246 e. The van der Waals surface area contributed by atoms with Gasteiger partial charge in [-0.1, -0.05) is 12.1 Å².